The number of benzene rings is 2. The van der Waals surface area contributed by atoms with E-state index < -0.39 is 58.7 Å². The summed E-state index contributed by atoms with van der Waals surface area (Å²) in [7, 11) is 0. The van der Waals surface area contributed by atoms with Crippen LogP contribution in [0.15, 0.2) is 48.7 Å². The Balaban J connectivity index is 2.09. The maximum absolute atomic E-state index is 14.4. The summed E-state index contributed by atoms with van der Waals surface area (Å²) in [5.74, 6) is -2.20. The molecule has 2 aromatic carbocycles. The highest BCUT2D eigenvalue weighted by molar-refractivity contribution is 6.32. The van der Waals surface area contributed by atoms with E-state index in [1.165, 1.54) is 36.5 Å². The van der Waals surface area contributed by atoms with Gasteiger partial charge in [-0.15, -0.1) is 0 Å². The molecule has 0 saturated heterocycles. The lowest BCUT2D eigenvalue weighted by atomic mass is 9.91. The van der Waals surface area contributed by atoms with Crippen molar-refractivity contribution in [3.63, 3.8) is 0 Å². The first-order chi connectivity index (χ1) is 16.1. The lowest BCUT2D eigenvalue weighted by Crippen LogP contribution is -2.50. The number of rotatable bonds is 6. The molecular weight excluding hydrogens is 521 g/mol. The van der Waals surface area contributed by atoms with Crippen molar-refractivity contribution >= 4 is 28.3 Å². The van der Waals surface area contributed by atoms with E-state index in [-0.39, 0.29) is 23.2 Å². The first-order valence-electron chi connectivity index (χ1n) is 9.31. The van der Waals surface area contributed by atoms with Crippen molar-refractivity contribution in [3.05, 3.63) is 75.6 Å². The van der Waals surface area contributed by atoms with Gasteiger partial charge in [0.1, 0.15) is 5.75 Å². The molecule has 0 atom stereocenters. The third-order valence-corrected chi connectivity index (χ3v) is 5.31. The van der Waals surface area contributed by atoms with Crippen LogP contribution in [0.2, 0.25) is 5.02 Å². The van der Waals surface area contributed by atoms with E-state index in [9.17, 15) is 49.5 Å². The maximum Gasteiger partial charge on any atom is 0.435 e. The zero-order valence-corrected chi connectivity index (χ0v) is 17.6. The number of hydrogen-bond donors (Lipinski definition) is 0. The lowest BCUT2D eigenvalue weighted by Gasteiger charge is -2.31. The Morgan fingerprint density at radius 3 is 2.20 bits per heavy atom. The molecule has 1 aromatic heterocycles. The highest BCUT2D eigenvalue weighted by atomic mass is 35.5. The molecule has 14 heteroatoms. The van der Waals surface area contributed by atoms with Crippen molar-refractivity contribution in [1.82, 2.24) is 0 Å². The van der Waals surface area contributed by atoms with Crippen molar-refractivity contribution in [1.29, 1.82) is 0 Å². The summed E-state index contributed by atoms with van der Waals surface area (Å²) in [5, 5.41) is 11.0. The van der Waals surface area contributed by atoms with Gasteiger partial charge in [0.2, 0.25) is 5.52 Å². The van der Waals surface area contributed by atoms with Crippen LogP contribution in [0.1, 0.15) is 21.5 Å². The van der Waals surface area contributed by atoms with Gasteiger partial charge in [0.25, 0.3) is 0 Å². The molecular formula is C21H11ClF9NO3. The Bertz CT molecular complexity index is 1260. The van der Waals surface area contributed by atoms with Crippen molar-refractivity contribution < 1.29 is 53.8 Å². The Hall–Kier alpha value is -3.22. The zero-order chi connectivity index (χ0) is 26.3. The summed E-state index contributed by atoms with van der Waals surface area (Å²) in [6.07, 6.45) is -12.8. The number of halogens is 10. The fourth-order valence-electron chi connectivity index (χ4n) is 3.30. The van der Waals surface area contributed by atoms with E-state index in [1.54, 1.807) is 0 Å². The summed E-state index contributed by atoms with van der Waals surface area (Å²) in [6.45, 7) is -3.76. The molecule has 0 radical (unpaired) electrons. The average Bonchev–Trinajstić information content (AvgIpc) is 2.73. The minimum absolute atomic E-state index is 0.0514. The molecule has 1 heterocycles. The van der Waals surface area contributed by atoms with Crippen LogP contribution in [0.4, 0.5) is 39.5 Å². The van der Waals surface area contributed by atoms with Crippen LogP contribution < -0.4 is 9.47 Å². The van der Waals surface area contributed by atoms with Gasteiger partial charge in [-0.2, -0.15) is 39.9 Å². The summed E-state index contributed by atoms with van der Waals surface area (Å²) in [5.41, 5.74) is -8.72. The van der Waals surface area contributed by atoms with Crippen LogP contribution in [-0.2, 0) is 12.1 Å². The number of Topliss-reactive ketones (excluding diaryl/α,β-unsaturated/α-hetero) is 1. The number of ether oxygens (including phenoxy) is 1. The molecule has 0 aliphatic carbocycles. The third-order valence-electron chi connectivity index (χ3n) is 4.97. The standard InChI is InChI=1S/C21H11ClF9NO3/c22-14-7-12(19(25,20(26,27)28)21(29,30)31)8-17(35-18(23)24)13(14)9-16(33)11-3-4-15-10(6-11)2-1-5-32(15)34/h1-8,18H,9H2. The van der Waals surface area contributed by atoms with Crippen molar-refractivity contribution in [3.8, 4) is 5.75 Å². The van der Waals surface area contributed by atoms with Gasteiger partial charge in [-0.3, -0.25) is 4.79 Å². The van der Waals surface area contributed by atoms with Gasteiger partial charge in [-0.05, 0) is 30.3 Å². The number of aromatic nitrogens is 1. The second kappa shape index (κ2) is 9.10. The minimum atomic E-state index is -6.53. The summed E-state index contributed by atoms with van der Waals surface area (Å²) < 4.78 is 123. The minimum Gasteiger partial charge on any atom is -0.618 e. The van der Waals surface area contributed by atoms with E-state index in [0.29, 0.717) is 10.1 Å². The largest absolute Gasteiger partial charge is 0.618 e. The Morgan fingerprint density at radius 2 is 1.63 bits per heavy atom. The number of ketones is 1. The van der Waals surface area contributed by atoms with E-state index in [1.807, 2.05) is 0 Å². The fraction of sp³-hybridized carbons (Fsp3) is 0.238. The van der Waals surface area contributed by atoms with Crippen LogP contribution in [0.3, 0.4) is 0 Å². The van der Waals surface area contributed by atoms with Gasteiger partial charge >= 0.3 is 24.6 Å². The number of carbonyl (C=O) groups excluding carboxylic acids is 1. The molecule has 0 unspecified atom stereocenters. The second-order valence-corrected chi connectivity index (χ2v) is 7.58. The van der Waals surface area contributed by atoms with E-state index in [0.717, 1.165) is 0 Å². The molecule has 0 aliphatic heterocycles. The molecule has 188 valence electrons. The van der Waals surface area contributed by atoms with Gasteiger partial charge < -0.3 is 9.94 Å². The highest BCUT2D eigenvalue weighted by Gasteiger charge is 2.73. The predicted molar refractivity (Wildman–Crippen MR) is 104 cm³/mol. The molecule has 3 aromatic rings. The van der Waals surface area contributed by atoms with Gasteiger partial charge in [0, 0.05) is 45.7 Å². The summed E-state index contributed by atoms with van der Waals surface area (Å²) in [6, 6.07) is 6.28. The van der Waals surface area contributed by atoms with E-state index in [4.69, 9.17) is 11.6 Å². The first-order valence-corrected chi connectivity index (χ1v) is 9.69. The molecule has 0 spiro atoms. The normalized spacial score (nSPS) is 12.9. The first kappa shape index (κ1) is 26.4. The van der Waals surface area contributed by atoms with Crippen LogP contribution in [0.5, 0.6) is 5.75 Å². The maximum atomic E-state index is 14.4. The Labute approximate surface area is 195 Å². The zero-order valence-electron chi connectivity index (χ0n) is 16.9. The SMILES string of the molecule is O=C(Cc1c(Cl)cc(C(F)(C(F)(F)F)C(F)(F)F)cc1OC(F)F)c1ccc2c(ccc[n+]2[O-])c1. The molecule has 0 aliphatic rings. The van der Waals surface area contributed by atoms with Crippen LogP contribution in [-0.4, -0.2) is 24.7 Å². The van der Waals surface area contributed by atoms with Gasteiger partial charge in [-0.1, -0.05) is 11.6 Å². The monoisotopic (exact) mass is 531 g/mol. The number of fused-ring (bicyclic) bond motifs is 1. The van der Waals surface area contributed by atoms with E-state index in [2.05, 4.69) is 4.74 Å². The van der Waals surface area contributed by atoms with Gasteiger partial charge in [-0.25, -0.2) is 4.39 Å². The lowest BCUT2D eigenvalue weighted by molar-refractivity contribution is -0.577. The highest BCUT2D eigenvalue weighted by Crippen LogP contribution is 2.54. The van der Waals surface area contributed by atoms with Gasteiger partial charge in [0.15, 0.2) is 12.0 Å². The molecule has 3 rings (SSSR count). The molecule has 35 heavy (non-hydrogen) atoms. The Kier molecular flexibility index (Phi) is 6.86. The molecule has 4 nitrogen and oxygen atoms in total. The van der Waals surface area contributed by atoms with Crippen LogP contribution in [0, 0.1) is 5.21 Å². The van der Waals surface area contributed by atoms with E-state index >= 15 is 0 Å². The smallest absolute Gasteiger partial charge is 0.435 e. The average molecular weight is 532 g/mol. The number of hydrogen-bond acceptors (Lipinski definition) is 3. The second-order valence-electron chi connectivity index (χ2n) is 7.17. The molecule has 0 N–H and O–H groups in total. The van der Waals surface area contributed by atoms with Crippen LogP contribution >= 0.6 is 11.6 Å². The third kappa shape index (κ3) is 4.95. The molecule has 0 fully saturated rings. The Morgan fingerprint density at radius 1 is 1.00 bits per heavy atom. The molecule has 0 saturated carbocycles. The molecule has 0 amide bonds. The van der Waals surface area contributed by atoms with Crippen molar-refractivity contribution in [2.45, 2.75) is 31.1 Å². The van der Waals surface area contributed by atoms with Crippen molar-refractivity contribution in [2.75, 3.05) is 0 Å². The van der Waals surface area contributed by atoms with Gasteiger partial charge in [0.05, 0.1) is 0 Å². The van der Waals surface area contributed by atoms with Crippen molar-refractivity contribution in [2.24, 2.45) is 0 Å². The van der Waals surface area contributed by atoms with Crippen LogP contribution in [0.25, 0.3) is 10.9 Å². The fourth-order valence-corrected chi connectivity index (χ4v) is 3.58. The number of pyridine rings is 1. The number of nitrogens with zero attached hydrogens (tertiary/aromatic N) is 1. The molecule has 0 bridgehead atoms. The quantitative estimate of drug-likeness (QED) is 0.159. The summed E-state index contributed by atoms with van der Waals surface area (Å²) >= 11 is 5.75. The number of carbonyl (C=O) groups is 1. The number of alkyl halides is 9. The topological polar surface area (TPSA) is 53.2 Å². The predicted octanol–water partition coefficient (Wildman–Crippen LogP) is 6.44. The summed E-state index contributed by atoms with van der Waals surface area (Å²) in [4.78, 5) is 12.7.